The number of nitrogens with one attached hydrogen (secondary N) is 2. The van der Waals surface area contributed by atoms with Crippen LogP contribution >= 0.6 is 0 Å². The number of nitrogens with zero attached hydrogens (tertiary/aromatic N) is 5. The van der Waals surface area contributed by atoms with E-state index in [0.717, 1.165) is 23.4 Å². The van der Waals surface area contributed by atoms with Gasteiger partial charge in [-0.2, -0.15) is 10.5 Å². The number of H-pyrrole nitrogens is 1. The van der Waals surface area contributed by atoms with Crippen LogP contribution in [-0.2, 0) is 11.2 Å². The van der Waals surface area contributed by atoms with Crippen LogP contribution in [0.3, 0.4) is 0 Å². The fourth-order valence-electron chi connectivity index (χ4n) is 2.46. The topological polar surface area (TPSA) is 111 Å². The molecule has 1 aliphatic rings. The van der Waals surface area contributed by atoms with Crippen LogP contribution in [-0.4, -0.2) is 33.1 Å². The average molecular weight is 295 g/mol. The first-order chi connectivity index (χ1) is 10.7. The number of nitriles is 1. The number of aromatic amines is 1. The molecule has 2 aromatic rings. The third kappa shape index (κ3) is 2.40. The van der Waals surface area contributed by atoms with Crippen LogP contribution in [0.5, 0.6) is 0 Å². The number of benzene rings is 1. The van der Waals surface area contributed by atoms with E-state index in [4.69, 9.17) is 5.26 Å². The Bertz CT molecular complexity index is 773. The monoisotopic (exact) mass is 295 g/mol. The number of hydrogen-bond donors (Lipinski definition) is 2. The number of para-hydroxylation sites is 1. The first-order valence-corrected chi connectivity index (χ1v) is 6.71. The van der Waals surface area contributed by atoms with E-state index in [1.165, 1.54) is 6.20 Å². The van der Waals surface area contributed by atoms with E-state index < -0.39 is 0 Å². The first-order valence-electron chi connectivity index (χ1n) is 6.71. The van der Waals surface area contributed by atoms with Crippen LogP contribution in [0.2, 0.25) is 0 Å². The van der Waals surface area contributed by atoms with Crippen molar-refractivity contribution in [1.82, 2.24) is 20.6 Å². The largest absolute Gasteiger partial charge is 0.359 e. The maximum absolute atomic E-state index is 11.7. The van der Waals surface area contributed by atoms with Crippen molar-refractivity contribution >= 4 is 22.9 Å². The number of rotatable bonds is 3. The second-order valence-electron chi connectivity index (χ2n) is 4.78. The van der Waals surface area contributed by atoms with Crippen molar-refractivity contribution in [2.45, 2.75) is 13.3 Å². The van der Waals surface area contributed by atoms with Gasteiger partial charge in [0, 0.05) is 19.7 Å². The molecule has 1 aliphatic heterocycles. The van der Waals surface area contributed by atoms with Gasteiger partial charge < -0.3 is 10.2 Å². The molecule has 0 saturated carbocycles. The van der Waals surface area contributed by atoms with Gasteiger partial charge in [-0.1, -0.05) is 12.1 Å². The molecule has 0 unspecified atom stereocenters. The summed E-state index contributed by atoms with van der Waals surface area (Å²) in [5.74, 6) is 0.210. The third-order valence-corrected chi connectivity index (χ3v) is 3.45. The van der Waals surface area contributed by atoms with Gasteiger partial charge in [-0.3, -0.25) is 4.79 Å². The Morgan fingerprint density at radius 2 is 2.41 bits per heavy atom. The Morgan fingerprint density at radius 3 is 3.09 bits per heavy atom. The fourth-order valence-corrected chi connectivity index (χ4v) is 2.46. The summed E-state index contributed by atoms with van der Waals surface area (Å²) in [6, 6.07) is 7.79. The highest BCUT2D eigenvalue weighted by atomic mass is 16.2. The van der Waals surface area contributed by atoms with Crippen molar-refractivity contribution in [2.75, 3.05) is 16.8 Å². The molecule has 1 aromatic heterocycles. The maximum atomic E-state index is 11.7. The second-order valence-corrected chi connectivity index (χ2v) is 4.78. The van der Waals surface area contributed by atoms with E-state index in [9.17, 15) is 4.79 Å². The molecule has 8 heteroatoms. The average Bonchev–Trinajstić information content (AvgIpc) is 3.17. The molecular weight excluding hydrogens is 282 g/mol. The fraction of sp³-hybridized carbons (Fsp3) is 0.214. The van der Waals surface area contributed by atoms with Gasteiger partial charge in [-0.25, -0.2) is 0 Å². The van der Waals surface area contributed by atoms with Crippen molar-refractivity contribution in [3.05, 3.63) is 35.8 Å². The summed E-state index contributed by atoms with van der Waals surface area (Å²) < 4.78 is 0. The Balaban J connectivity index is 1.93. The lowest BCUT2D eigenvalue weighted by Crippen LogP contribution is -2.26. The molecule has 1 amide bonds. The number of amides is 1. The van der Waals surface area contributed by atoms with Crippen LogP contribution in [0.4, 0.5) is 11.4 Å². The highest BCUT2D eigenvalue weighted by Crippen LogP contribution is 2.35. The van der Waals surface area contributed by atoms with Crippen molar-refractivity contribution < 1.29 is 4.79 Å². The first kappa shape index (κ1) is 13.8. The second kappa shape index (κ2) is 5.65. The number of fused-ring (bicyclic) bond motifs is 1. The number of carbonyl (C=O) groups excluding carboxylic acids is 1. The van der Waals surface area contributed by atoms with Crippen molar-refractivity contribution in [3.8, 4) is 6.07 Å². The normalized spacial score (nSPS) is 13.6. The van der Waals surface area contributed by atoms with E-state index >= 15 is 0 Å². The molecule has 0 saturated heterocycles. The van der Waals surface area contributed by atoms with E-state index in [0.29, 0.717) is 6.54 Å². The van der Waals surface area contributed by atoms with Gasteiger partial charge in [-0.05, 0) is 23.3 Å². The zero-order valence-electron chi connectivity index (χ0n) is 11.9. The SMILES string of the molecule is CC(=O)N1CCc2cccc(NC=C(C#N)c3nn[nH]n3)c21. The van der Waals surface area contributed by atoms with Gasteiger partial charge in [0.2, 0.25) is 11.7 Å². The number of anilines is 2. The predicted molar refractivity (Wildman–Crippen MR) is 79.6 cm³/mol. The van der Waals surface area contributed by atoms with Gasteiger partial charge in [0.05, 0.1) is 11.4 Å². The van der Waals surface area contributed by atoms with E-state index in [1.54, 1.807) is 11.8 Å². The van der Waals surface area contributed by atoms with Gasteiger partial charge >= 0.3 is 0 Å². The Labute approximate surface area is 126 Å². The third-order valence-electron chi connectivity index (χ3n) is 3.45. The number of hydrogen-bond acceptors (Lipinski definition) is 6. The zero-order chi connectivity index (χ0) is 15.5. The lowest BCUT2D eigenvalue weighted by atomic mass is 10.1. The molecule has 0 radical (unpaired) electrons. The quantitative estimate of drug-likeness (QED) is 0.820. The van der Waals surface area contributed by atoms with Crippen LogP contribution < -0.4 is 10.2 Å². The lowest BCUT2D eigenvalue weighted by molar-refractivity contribution is -0.116. The molecular formula is C14H13N7O. The summed E-state index contributed by atoms with van der Waals surface area (Å²) in [6.45, 7) is 2.21. The van der Waals surface area contributed by atoms with Gasteiger partial charge in [0.15, 0.2) is 0 Å². The summed E-state index contributed by atoms with van der Waals surface area (Å²) in [5, 5.41) is 25.5. The summed E-state index contributed by atoms with van der Waals surface area (Å²) in [4.78, 5) is 13.5. The molecule has 110 valence electrons. The Morgan fingerprint density at radius 1 is 1.55 bits per heavy atom. The molecule has 0 bridgehead atoms. The van der Waals surface area contributed by atoms with Crippen LogP contribution in [0.25, 0.3) is 5.57 Å². The Kier molecular flexibility index (Phi) is 3.53. The minimum absolute atomic E-state index is 0.00402. The summed E-state index contributed by atoms with van der Waals surface area (Å²) in [5.41, 5.74) is 2.98. The molecule has 0 spiro atoms. The van der Waals surface area contributed by atoms with Crippen LogP contribution in [0, 0.1) is 11.3 Å². The molecule has 0 aliphatic carbocycles. The van der Waals surface area contributed by atoms with Crippen molar-refractivity contribution in [3.63, 3.8) is 0 Å². The van der Waals surface area contributed by atoms with Crippen LogP contribution in [0.15, 0.2) is 24.4 Å². The van der Waals surface area contributed by atoms with E-state index in [1.807, 2.05) is 24.3 Å². The van der Waals surface area contributed by atoms with Gasteiger partial charge in [-0.15, -0.1) is 10.2 Å². The van der Waals surface area contributed by atoms with E-state index in [-0.39, 0.29) is 17.3 Å². The van der Waals surface area contributed by atoms with Crippen LogP contribution in [0.1, 0.15) is 18.3 Å². The summed E-state index contributed by atoms with van der Waals surface area (Å²) >= 11 is 0. The zero-order valence-corrected chi connectivity index (χ0v) is 11.9. The number of carbonyl (C=O) groups is 1. The summed E-state index contributed by atoms with van der Waals surface area (Å²) in [7, 11) is 0. The minimum atomic E-state index is -0.00402. The Hall–Kier alpha value is -3.21. The molecule has 2 N–H and O–H groups in total. The summed E-state index contributed by atoms with van der Waals surface area (Å²) in [6.07, 6.45) is 2.33. The minimum Gasteiger partial charge on any atom is -0.359 e. The van der Waals surface area contributed by atoms with E-state index in [2.05, 4.69) is 25.9 Å². The maximum Gasteiger partial charge on any atom is 0.223 e. The smallest absolute Gasteiger partial charge is 0.223 e. The molecule has 1 aromatic carbocycles. The predicted octanol–water partition coefficient (Wildman–Crippen LogP) is 1.09. The molecule has 22 heavy (non-hydrogen) atoms. The van der Waals surface area contributed by atoms with Gasteiger partial charge in [0.1, 0.15) is 11.6 Å². The van der Waals surface area contributed by atoms with Gasteiger partial charge in [0.25, 0.3) is 0 Å². The molecule has 0 atom stereocenters. The van der Waals surface area contributed by atoms with Crippen molar-refractivity contribution in [2.24, 2.45) is 0 Å². The molecule has 0 fully saturated rings. The number of aromatic nitrogens is 4. The number of tetrazole rings is 1. The highest BCUT2D eigenvalue weighted by molar-refractivity contribution is 5.98. The highest BCUT2D eigenvalue weighted by Gasteiger charge is 2.24. The molecule has 8 nitrogen and oxygen atoms in total. The van der Waals surface area contributed by atoms with Crippen molar-refractivity contribution in [1.29, 1.82) is 5.26 Å². The number of allylic oxidation sites excluding steroid dienone is 1. The molecule has 2 heterocycles. The lowest BCUT2D eigenvalue weighted by Gasteiger charge is -2.18. The molecule has 3 rings (SSSR count). The standard InChI is InChI=1S/C14H13N7O/c1-9(22)21-6-5-10-3-2-4-12(13(10)21)16-8-11(7-15)14-17-19-20-18-14/h2-4,8,16H,5-6H2,1H3,(H,17,18,19,20).